The van der Waals surface area contributed by atoms with Crippen LogP contribution < -0.4 is 15.5 Å². The second-order valence-corrected chi connectivity index (χ2v) is 9.57. The van der Waals surface area contributed by atoms with Gasteiger partial charge in [0.2, 0.25) is 11.9 Å². The summed E-state index contributed by atoms with van der Waals surface area (Å²) >= 11 is 0. The zero-order chi connectivity index (χ0) is 26.1. The van der Waals surface area contributed by atoms with Crippen LogP contribution in [0.2, 0.25) is 0 Å². The molecule has 0 aliphatic carbocycles. The van der Waals surface area contributed by atoms with Gasteiger partial charge in [0.1, 0.15) is 5.65 Å². The number of para-hydroxylation sites is 1. The second-order valence-electron chi connectivity index (χ2n) is 9.57. The molecule has 5 aromatic rings. The van der Waals surface area contributed by atoms with E-state index in [1.807, 2.05) is 70.8 Å². The summed E-state index contributed by atoms with van der Waals surface area (Å²) in [7, 11) is 8.16. The summed E-state index contributed by atoms with van der Waals surface area (Å²) in [6.45, 7) is 3.24. The Bertz CT molecular complexity index is 1580. The number of nitrogens with one attached hydrogen (secondary N) is 3. The number of hydrogen-bond acceptors (Lipinski definition) is 6. The highest BCUT2D eigenvalue weighted by Gasteiger charge is 2.17. The molecule has 0 saturated heterocycles. The first-order valence-electron chi connectivity index (χ1n) is 12.2. The van der Waals surface area contributed by atoms with Crippen LogP contribution in [0.4, 0.5) is 23.0 Å². The third-order valence-corrected chi connectivity index (χ3v) is 6.43. The molecule has 0 aliphatic heterocycles. The Morgan fingerprint density at radius 2 is 1.84 bits per heavy atom. The first kappa shape index (κ1) is 24.3. The number of benzene rings is 2. The summed E-state index contributed by atoms with van der Waals surface area (Å²) in [6.07, 6.45) is 3.99. The fraction of sp³-hybridized carbons (Fsp3) is 0.250. The van der Waals surface area contributed by atoms with Crippen LogP contribution in [0.3, 0.4) is 0 Å². The number of carbonyl (C=O) groups is 1. The molecule has 3 N–H and O–H groups in total. The van der Waals surface area contributed by atoms with Crippen molar-refractivity contribution < 1.29 is 4.79 Å². The molecule has 3 aromatic heterocycles. The Balaban J connectivity index is 1.53. The minimum Gasteiger partial charge on any atom is -0.372 e. The second kappa shape index (κ2) is 9.94. The highest BCUT2D eigenvalue weighted by atomic mass is 16.1. The predicted octanol–water partition coefficient (Wildman–Crippen LogP) is 4.82. The van der Waals surface area contributed by atoms with Crippen LogP contribution in [-0.2, 0) is 11.8 Å². The van der Waals surface area contributed by atoms with E-state index in [9.17, 15) is 4.79 Å². The van der Waals surface area contributed by atoms with Gasteiger partial charge in [0.15, 0.2) is 0 Å². The Labute approximate surface area is 216 Å². The molecule has 0 atom stereocenters. The average molecular weight is 497 g/mol. The number of aromatic nitrogens is 4. The van der Waals surface area contributed by atoms with E-state index in [1.54, 1.807) is 0 Å². The summed E-state index contributed by atoms with van der Waals surface area (Å²) in [5.74, 6) is 0.349. The molecular formula is C28H32N8O. The highest BCUT2D eigenvalue weighted by Crippen LogP contribution is 2.35. The lowest BCUT2D eigenvalue weighted by Gasteiger charge is -2.24. The van der Waals surface area contributed by atoms with Gasteiger partial charge in [-0.2, -0.15) is 4.98 Å². The van der Waals surface area contributed by atoms with Crippen molar-refractivity contribution in [2.75, 3.05) is 49.8 Å². The Morgan fingerprint density at radius 1 is 1.03 bits per heavy atom. The number of amides is 1. The quantitative estimate of drug-likeness (QED) is 0.285. The number of anilines is 4. The van der Waals surface area contributed by atoms with Crippen LogP contribution in [0.15, 0.2) is 60.9 Å². The van der Waals surface area contributed by atoms with Crippen molar-refractivity contribution in [2.45, 2.75) is 6.92 Å². The lowest BCUT2D eigenvalue weighted by atomic mass is 10.1. The number of nitrogens with zero attached hydrogens (tertiary/aromatic N) is 5. The number of aromatic amines is 1. The highest BCUT2D eigenvalue weighted by molar-refractivity contribution is 6.03. The van der Waals surface area contributed by atoms with Gasteiger partial charge in [-0.3, -0.25) is 4.79 Å². The molecule has 0 radical (unpaired) electrons. The molecule has 0 bridgehead atoms. The largest absolute Gasteiger partial charge is 0.372 e. The van der Waals surface area contributed by atoms with E-state index in [-0.39, 0.29) is 5.91 Å². The van der Waals surface area contributed by atoms with Gasteiger partial charge in [-0.1, -0.05) is 18.2 Å². The lowest BCUT2D eigenvalue weighted by Crippen LogP contribution is -2.29. The standard InChI is InChI=1S/C28H32N8O/c1-18(37)30-23-16-19(10-11-25(23)35(4)15-14-34(2)3)31-28-32-26(21-12-13-29-27(21)33-28)22-17-36(5)24-9-7-6-8-20(22)24/h6-13,16-17H,14-15H2,1-5H3,(H,30,37)(H2,29,31,32,33). The molecule has 0 spiro atoms. The number of aryl methyl sites for hydroxylation is 1. The molecule has 0 unspecified atom stereocenters. The minimum absolute atomic E-state index is 0.123. The zero-order valence-electron chi connectivity index (χ0n) is 21.8. The fourth-order valence-corrected chi connectivity index (χ4v) is 4.57. The van der Waals surface area contributed by atoms with Crippen LogP contribution in [-0.4, -0.2) is 64.6 Å². The number of hydrogen-bond donors (Lipinski definition) is 3. The van der Waals surface area contributed by atoms with Crippen molar-refractivity contribution in [1.29, 1.82) is 0 Å². The minimum atomic E-state index is -0.123. The maximum atomic E-state index is 12.0. The SMILES string of the molecule is CC(=O)Nc1cc(Nc2nc(-c3cn(C)c4ccccc34)c3cc[nH]c3n2)ccc1N(C)CCN(C)C. The van der Waals surface area contributed by atoms with Crippen LogP contribution in [0.25, 0.3) is 33.2 Å². The first-order valence-corrected chi connectivity index (χ1v) is 12.2. The van der Waals surface area contributed by atoms with Crippen LogP contribution in [0.1, 0.15) is 6.92 Å². The van der Waals surface area contributed by atoms with Crippen molar-refractivity contribution in [2.24, 2.45) is 7.05 Å². The maximum Gasteiger partial charge on any atom is 0.229 e. The third-order valence-electron chi connectivity index (χ3n) is 6.43. The zero-order valence-corrected chi connectivity index (χ0v) is 21.8. The van der Waals surface area contributed by atoms with Gasteiger partial charge in [-0.15, -0.1) is 0 Å². The molecule has 0 saturated carbocycles. The summed E-state index contributed by atoms with van der Waals surface area (Å²) in [4.78, 5) is 29.1. The smallest absolute Gasteiger partial charge is 0.229 e. The van der Waals surface area contributed by atoms with E-state index in [0.29, 0.717) is 5.95 Å². The molecule has 9 nitrogen and oxygen atoms in total. The maximum absolute atomic E-state index is 12.0. The first-order chi connectivity index (χ1) is 17.8. The molecule has 190 valence electrons. The van der Waals surface area contributed by atoms with Gasteiger partial charge >= 0.3 is 0 Å². The van der Waals surface area contributed by atoms with Crippen LogP contribution in [0, 0.1) is 0 Å². The van der Waals surface area contributed by atoms with Crippen molar-refractivity contribution in [3.05, 3.63) is 60.9 Å². The normalized spacial score (nSPS) is 11.4. The van der Waals surface area contributed by atoms with Crippen LogP contribution >= 0.6 is 0 Å². The van der Waals surface area contributed by atoms with E-state index < -0.39 is 0 Å². The monoisotopic (exact) mass is 496 g/mol. The molecule has 0 aliphatic rings. The van der Waals surface area contributed by atoms with Gasteiger partial charge in [0.25, 0.3) is 0 Å². The Hall–Kier alpha value is -4.37. The molecule has 3 heterocycles. The van der Waals surface area contributed by atoms with Crippen LogP contribution in [0.5, 0.6) is 0 Å². The molecular weight excluding hydrogens is 464 g/mol. The van der Waals surface area contributed by atoms with E-state index >= 15 is 0 Å². The molecule has 0 fully saturated rings. The van der Waals surface area contributed by atoms with Gasteiger partial charge in [-0.25, -0.2) is 4.98 Å². The predicted molar refractivity (Wildman–Crippen MR) is 152 cm³/mol. The molecule has 5 rings (SSSR count). The van der Waals surface area contributed by atoms with Crippen molar-refractivity contribution in [3.8, 4) is 11.3 Å². The van der Waals surface area contributed by atoms with Gasteiger partial charge in [0.05, 0.1) is 17.1 Å². The number of H-pyrrole nitrogens is 1. The van der Waals surface area contributed by atoms with Gasteiger partial charge < -0.3 is 30.0 Å². The Morgan fingerprint density at radius 3 is 2.62 bits per heavy atom. The number of carbonyl (C=O) groups excluding carboxylic acids is 1. The topological polar surface area (TPSA) is 94.1 Å². The fourth-order valence-electron chi connectivity index (χ4n) is 4.57. The molecule has 37 heavy (non-hydrogen) atoms. The molecule has 1 amide bonds. The van der Waals surface area contributed by atoms with Crippen molar-refractivity contribution in [1.82, 2.24) is 24.4 Å². The third kappa shape index (κ3) is 4.99. The number of likely N-dealkylation sites (N-methyl/N-ethyl adjacent to an activating group) is 2. The lowest BCUT2D eigenvalue weighted by molar-refractivity contribution is -0.114. The van der Waals surface area contributed by atoms with E-state index in [4.69, 9.17) is 9.97 Å². The molecule has 9 heteroatoms. The average Bonchev–Trinajstić information content (AvgIpc) is 3.46. The number of rotatable bonds is 8. The molecule has 2 aromatic carbocycles. The van der Waals surface area contributed by atoms with Gasteiger partial charge in [-0.05, 0) is 44.4 Å². The van der Waals surface area contributed by atoms with Crippen molar-refractivity contribution in [3.63, 3.8) is 0 Å². The Kier molecular flexibility index (Phi) is 6.54. The van der Waals surface area contributed by atoms with Gasteiger partial charge in [0, 0.05) is 74.0 Å². The number of fused-ring (bicyclic) bond motifs is 2. The summed E-state index contributed by atoms with van der Waals surface area (Å²) in [5.41, 5.74) is 6.25. The van der Waals surface area contributed by atoms with E-state index in [1.165, 1.54) is 6.92 Å². The summed E-state index contributed by atoms with van der Waals surface area (Å²) < 4.78 is 2.11. The van der Waals surface area contributed by atoms with E-state index in [0.717, 1.165) is 63.3 Å². The van der Waals surface area contributed by atoms with Crippen molar-refractivity contribution >= 4 is 50.9 Å². The van der Waals surface area contributed by atoms with E-state index in [2.05, 4.69) is 48.3 Å². The summed E-state index contributed by atoms with van der Waals surface area (Å²) in [6, 6.07) is 16.2. The summed E-state index contributed by atoms with van der Waals surface area (Å²) in [5, 5.41) is 8.42.